The molecule has 0 unspecified atom stereocenters. The molecular weight excluding hydrogens is 149 g/mol. The van der Waals surface area contributed by atoms with Gasteiger partial charge in [0.2, 0.25) is 0 Å². The van der Waals surface area contributed by atoms with Crippen LogP contribution >= 0.6 is 0 Å². The van der Waals surface area contributed by atoms with Crippen molar-refractivity contribution in [2.45, 2.75) is 32.6 Å². The molecular formula is C9H18BNO. The van der Waals surface area contributed by atoms with Crippen molar-refractivity contribution >= 4 is 7.98 Å². The second-order valence-electron chi connectivity index (χ2n) is 3.94. The van der Waals surface area contributed by atoms with Gasteiger partial charge in [0.15, 0.2) is 7.98 Å². The Hall–Kier alpha value is -0.0151. The lowest BCUT2D eigenvalue weighted by molar-refractivity contribution is 0.0600. The van der Waals surface area contributed by atoms with E-state index in [0.29, 0.717) is 6.61 Å². The number of piperidine rings is 1. The van der Waals surface area contributed by atoms with Gasteiger partial charge in [-0.3, -0.25) is 0 Å². The van der Waals surface area contributed by atoms with E-state index < -0.39 is 0 Å². The van der Waals surface area contributed by atoms with Crippen molar-refractivity contribution in [3.8, 4) is 0 Å². The molecule has 0 spiro atoms. The van der Waals surface area contributed by atoms with Crippen LogP contribution in [-0.2, 0) is 0 Å². The van der Waals surface area contributed by atoms with Crippen LogP contribution < -0.4 is 0 Å². The third-order valence-corrected chi connectivity index (χ3v) is 2.97. The molecule has 0 bridgehead atoms. The summed E-state index contributed by atoms with van der Waals surface area (Å²) in [6.45, 7) is 4.36. The minimum Gasteiger partial charge on any atom is -0.396 e. The highest BCUT2D eigenvalue weighted by Gasteiger charge is 2.31. The first-order valence-electron chi connectivity index (χ1n) is 4.83. The van der Waals surface area contributed by atoms with E-state index in [4.69, 9.17) is 7.98 Å². The molecule has 0 aromatic carbocycles. The maximum Gasteiger partial charge on any atom is 0.182 e. The Morgan fingerprint density at radius 3 is 2.42 bits per heavy atom. The van der Waals surface area contributed by atoms with Crippen LogP contribution in [0.2, 0.25) is 0 Å². The average molecular weight is 167 g/mol. The van der Waals surface area contributed by atoms with Gasteiger partial charge in [-0.1, -0.05) is 13.3 Å². The first-order chi connectivity index (χ1) is 5.72. The summed E-state index contributed by atoms with van der Waals surface area (Å²) in [5.41, 5.74) is 0.185. The average Bonchev–Trinajstić information content (AvgIpc) is 2.10. The maximum atomic E-state index is 9.30. The summed E-state index contributed by atoms with van der Waals surface area (Å²) in [6.07, 6.45) is 4.39. The molecule has 0 amide bonds. The zero-order valence-electron chi connectivity index (χ0n) is 7.92. The van der Waals surface area contributed by atoms with E-state index in [2.05, 4.69) is 6.92 Å². The second-order valence-corrected chi connectivity index (χ2v) is 3.94. The van der Waals surface area contributed by atoms with Gasteiger partial charge in [0.25, 0.3) is 0 Å². The highest BCUT2D eigenvalue weighted by molar-refractivity contribution is 6.04. The fraction of sp³-hybridized carbons (Fsp3) is 1.00. The van der Waals surface area contributed by atoms with E-state index in [1.54, 1.807) is 0 Å². The van der Waals surface area contributed by atoms with E-state index >= 15 is 0 Å². The zero-order chi connectivity index (χ0) is 9.03. The summed E-state index contributed by atoms with van der Waals surface area (Å²) < 4.78 is 0. The molecule has 0 aromatic heterocycles. The summed E-state index contributed by atoms with van der Waals surface area (Å²) in [4.78, 5) is 1.85. The lowest BCUT2D eigenvalue weighted by Crippen LogP contribution is -2.40. The number of nitrogens with zero attached hydrogens (tertiary/aromatic N) is 1. The standard InChI is InChI=1S/C9H18BNO/c1-2-3-9(8-12)4-6-11(10)7-5-9/h12H,2-8H2,1H3. The Labute approximate surface area is 76.4 Å². The van der Waals surface area contributed by atoms with E-state index in [0.717, 1.165) is 38.8 Å². The third kappa shape index (κ3) is 2.24. The van der Waals surface area contributed by atoms with Crippen molar-refractivity contribution in [1.82, 2.24) is 4.81 Å². The molecule has 1 rings (SSSR count). The Kier molecular flexibility index (Phi) is 3.60. The Bertz CT molecular complexity index is 132. The smallest absolute Gasteiger partial charge is 0.182 e. The van der Waals surface area contributed by atoms with Gasteiger partial charge in [0.1, 0.15) is 0 Å². The first-order valence-corrected chi connectivity index (χ1v) is 4.83. The van der Waals surface area contributed by atoms with Gasteiger partial charge in [-0.15, -0.1) is 0 Å². The van der Waals surface area contributed by atoms with Crippen molar-refractivity contribution in [3.05, 3.63) is 0 Å². The molecule has 1 heterocycles. The van der Waals surface area contributed by atoms with Crippen molar-refractivity contribution in [1.29, 1.82) is 0 Å². The highest BCUT2D eigenvalue weighted by Crippen LogP contribution is 2.34. The summed E-state index contributed by atoms with van der Waals surface area (Å²) >= 11 is 0. The fourth-order valence-corrected chi connectivity index (χ4v) is 2.02. The van der Waals surface area contributed by atoms with Crippen LogP contribution in [0.5, 0.6) is 0 Å². The van der Waals surface area contributed by atoms with Gasteiger partial charge in [-0.25, -0.2) is 0 Å². The van der Waals surface area contributed by atoms with E-state index in [-0.39, 0.29) is 5.41 Å². The Balaban J connectivity index is 2.45. The van der Waals surface area contributed by atoms with Crippen molar-refractivity contribution in [2.24, 2.45) is 5.41 Å². The van der Waals surface area contributed by atoms with E-state index in [9.17, 15) is 5.11 Å². The highest BCUT2D eigenvalue weighted by atomic mass is 16.3. The molecule has 1 aliphatic heterocycles. The molecule has 12 heavy (non-hydrogen) atoms. The van der Waals surface area contributed by atoms with Crippen LogP contribution in [0.1, 0.15) is 32.6 Å². The molecule has 1 aliphatic rings. The van der Waals surface area contributed by atoms with Gasteiger partial charge in [-0.05, 0) is 37.8 Å². The number of aliphatic hydroxyl groups excluding tert-OH is 1. The Morgan fingerprint density at radius 1 is 1.42 bits per heavy atom. The molecule has 2 radical (unpaired) electrons. The van der Waals surface area contributed by atoms with Crippen LogP contribution in [0.4, 0.5) is 0 Å². The molecule has 2 nitrogen and oxygen atoms in total. The quantitative estimate of drug-likeness (QED) is 0.632. The lowest BCUT2D eigenvalue weighted by Gasteiger charge is -2.39. The van der Waals surface area contributed by atoms with Gasteiger partial charge < -0.3 is 9.92 Å². The van der Waals surface area contributed by atoms with Crippen LogP contribution in [-0.4, -0.2) is 37.6 Å². The van der Waals surface area contributed by atoms with Crippen LogP contribution in [0.3, 0.4) is 0 Å². The zero-order valence-corrected chi connectivity index (χ0v) is 7.92. The summed E-state index contributed by atoms with van der Waals surface area (Å²) in [7, 11) is 5.66. The Morgan fingerprint density at radius 2 is 2.00 bits per heavy atom. The molecule has 0 saturated carbocycles. The number of aliphatic hydroxyl groups is 1. The molecule has 68 valence electrons. The molecule has 1 fully saturated rings. The summed E-state index contributed by atoms with van der Waals surface area (Å²) in [5, 5.41) is 9.30. The van der Waals surface area contributed by atoms with Gasteiger partial charge in [0.05, 0.1) is 0 Å². The van der Waals surface area contributed by atoms with Crippen LogP contribution in [0, 0.1) is 5.41 Å². The predicted molar refractivity (Wildman–Crippen MR) is 51.0 cm³/mol. The van der Waals surface area contributed by atoms with Gasteiger partial charge in [-0.2, -0.15) is 0 Å². The van der Waals surface area contributed by atoms with Crippen LogP contribution in [0.25, 0.3) is 0 Å². The molecule has 1 saturated heterocycles. The minimum atomic E-state index is 0.185. The van der Waals surface area contributed by atoms with Gasteiger partial charge in [0, 0.05) is 6.61 Å². The first kappa shape index (κ1) is 10.1. The van der Waals surface area contributed by atoms with Crippen molar-refractivity contribution < 1.29 is 5.11 Å². The number of rotatable bonds is 3. The largest absolute Gasteiger partial charge is 0.396 e. The lowest BCUT2D eigenvalue weighted by atomic mass is 9.75. The van der Waals surface area contributed by atoms with Gasteiger partial charge >= 0.3 is 0 Å². The summed E-state index contributed by atoms with van der Waals surface area (Å²) in [6, 6.07) is 0. The molecule has 0 atom stereocenters. The van der Waals surface area contributed by atoms with E-state index in [1.165, 1.54) is 0 Å². The van der Waals surface area contributed by atoms with Crippen molar-refractivity contribution in [3.63, 3.8) is 0 Å². The molecule has 1 N–H and O–H groups in total. The van der Waals surface area contributed by atoms with E-state index in [1.807, 2.05) is 4.81 Å². The normalized spacial score (nSPS) is 24.2. The fourth-order valence-electron chi connectivity index (χ4n) is 2.02. The minimum absolute atomic E-state index is 0.185. The topological polar surface area (TPSA) is 23.5 Å². The van der Waals surface area contributed by atoms with Crippen LogP contribution in [0.15, 0.2) is 0 Å². The SMILES string of the molecule is [B]N1CCC(CO)(CCC)CC1. The second kappa shape index (κ2) is 4.29. The monoisotopic (exact) mass is 167 g/mol. The molecule has 0 aliphatic carbocycles. The summed E-state index contributed by atoms with van der Waals surface area (Å²) in [5.74, 6) is 0. The molecule has 0 aromatic rings. The predicted octanol–water partition coefficient (Wildman–Crippen LogP) is 0.944. The van der Waals surface area contributed by atoms with Crippen molar-refractivity contribution in [2.75, 3.05) is 19.7 Å². The molecule has 3 heteroatoms. The number of hydrogen-bond donors (Lipinski definition) is 1. The maximum absolute atomic E-state index is 9.30. The number of hydrogen-bond acceptors (Lipinski definition) is 2. The third-order valence-electron chi connectivity index (χ3n) is 2.97.